The minimum Gasteiger partial charge on any atom is -0.497 e. The Labute approximate surface area is 115 Å². The van der Waals surface area contributed by atoms with Crippen LogP contribution in [0.15, 0.2) is 27.6 Å². The number of nitrogens with two attached hydrogens (primary N) is 1. The van der Waals surface area contributed by atoms with Crippen LogP contribution in [-0.2, 0) is 5.75 Å². The first kappa shape index (κ1) is 12.3. The summed E-state index contributed by atoms with van der Waals surface area (Å²) >= 11 is 1.57. The van der Waals surface area contributed by atoms with Crippen molar-refractivity contribution in [2.75, 3.05) is 12.8 Å². The Bertz CT molecular complexity index is 581. The topological polar surface area (TPSA) is 74.2 Å². The van der Waals surface area contributed by atoms with Crippen LogP contribution in [0.25, 0.3) is 0 Å². The van der Waals surface area contributed by atoms with Crippen LogP contribution in [-0.4, -0.2) is 17.3 Å². The number of thioether (sulfide) groups is 1. The van der Waals surface area contributed by atoms with Gasteiger partial charge in [0.05, 0.1) is 12.9 Å². The maximum absolute atomic E-state index is 5.93. The first-order valence-corrected chi connectivity index (χ1v) is 7.13. The molecule has 19 heavy (non-hydrogen) atoms. The predicted octanol–water partition coefficient (Wildman–Crippen LogP) is 2.83. The van der Waals surface area contributed by atoms with E-state index in [0.717, 1.165) is 22.2 Å². The second-order valence-corrected chi connectivity index (χ2v) is 5.53. The standard InChI is InChI=1S/C13H15N3O2S/c1-17-9-4-5-10(14)11(6-9)19-7-12-15-13(16-18-12)8-2-3-8/h4-6,8H,2-3,7,14H2,1H3. The first-order chi connectivity index (χ1) is 9.26. The molecule has 1 aromatic carbocycles. The number of rotatable bonds is 5. The van der Waals surface area contributed by atoms with Gasteiger partial charge in [-0.25, -0.2) is 0 Å². The van der Waals surface area contributed by atoms with Gasteiger partial charge in [-0.1, -0.05) is 5.16 Å². The van der Waals surface area contributed by atoms with Gasteiger partial charge in [-0.05, 0) is 31.0 Å². The van der Waals surface area contributed by atoms with Crippen molar-refractivity contribution < 1.29 is 9.26 Å². The van der Waals surface area contributed by atoms with E-state index in [0.29, 0.717) is 17.6 Å². The van der Waals surface area contributed by atoms with Crippen LogP contribution < -0.4 is 10.5 Å². The van der Waals surface area contributed by atoms with Gasteiger partial charge in [-0.2, -0.15) is 4.98 Å². The molecule has 5 nitrogen and oxygen atoms in total. The molecule has 0 bridgehead atoms. The maximum Gasteiger partial charge on any atom is 0.237 e. The molecule has 0 saturated heterocycles. The Kier molecular flexibility index (Phi) is 3.33. The van der Waals surface area contributed by atoms with Crippen molar-refractivity contribution in [3.05, 3.63) is 29.9 Å². The Morgan fingerprint density at radius 3 is 3.05 bits per heavy atom. The van der Waals surface area contributed by atoms with Crippen molar-refractivity contribution in [2.45, 2.75) is 29.4 Å². The van der Waals surface area contributed by atoms with Crippen molar-refractivity contribution in [1.82, 2.24) is 10.1 Å². The van der Waals surface area contributed by atoms with Gasteiger partial charge in [0.2, 0.25) is 5.89 Å². The number of anilines is 1. The van der Waals surface area contributed by atoms with Gasteiger partial charge in [-0.3, -0.25) is 0 Å². The van der Waals surface area contributed by atoms with Crippen LogP contribution in [0.4, 0.5) is 5.69 Å². The zero-order valence-corrected chi connectivity index (χ0v) is 11.4. The molecule has 0 unspecified atom stereocenters. The number of nitrogens with zero attached hydrogens (tertiary/aromatic N) is 2. The minimum absolute atomic E-state index is 0.518. The number of benzene rings is 1. The normalized spacial score (nSPS) is 14.6. The molecule has 6 heteroatoms. The van der Waals surface area contributed by atoms with Crippen LogP contribution in [0.1, 0.15) is 30.5 Å². The lowest BCUT2D eigenvalue weighted by Gasteiger charge is -2.06. The number of hydrogen-bond acceptors (Lipinski definition) is 6. The highest BCUT2D eigenvalue weighted by molar-refractivity contribution is 7.98. The van der Waals surface area contributed by atoms with Gasteiger partial charge in [0.15, 0.2) is 5.82 Å². The SMILES string of the molecule is COc1ccc(N)c(SCc2nc(C3CC3)no2)c1. The molecule has 2 aromatic rings. The first-order valence-electron chi connectivity index (χ1n) is 6.15. The molecule has 2 N–H and O–H groups in total. The van der Waals surface area contributed by atoms with Gasteiger partial charge in [0.25, 0.3) is 0 Å². The number of nitrogen functional groups attached to an aromatic ring is 1. The molecule has 0 aliphatic heterocycles. The lowest BCUT2D eigenvalue weighted by atomic mass is 10.3. The van der Waals surface area contributed by atoms with Crippen LogP contribution in [0.2, 0.25) is 0 Å². The highest BCUT2D eigenvalue weighted by Crippen LogP contribution is 2.38. The summed E-state index contributed by atoms with van der Waals surface area (Å²) in [5, 5.41) is 3.99. The molecule has 1 aliphatic carbocycles. The molecular formula is C13H15N3O2S. The zero-order valence-electron chi connectivity index (χ0n) is 10.6. The summed E-state index contributed by atoms with van der Waals surface area (Å²) in [4.78, 5) is 5.35. The van der Waals surface area contributed by atoms with E-state index < -0.39 is 0 Å². The van der Waals surface area contributed by atoms with E-state index in [4.69, 9.17) is 15.0 Å². The summed E-state index contributed by atoms with van der Waals surface area (Å²) in [6.07, 6.45) is 2.35. The number of aromatic nitrogens is 2. The molecule has 1 heterocycles. The van der Waals surface area contributed by atoms with Gasteiger partial charge < -0.3 is 15.0 Å². The van der Waals surface area contributed by atoms with Crippen LogP contribution in [0.3, 0.4) is 0 Å². The Morgan fingerprint density at radius 2 is 2.32 bits per heavy atom. The molecule has 0 atom stereocenters. The average Bonchev–Trinajstić information content (AvgIpc) is 3.17. The number of ether oxygens (including phenoxy) is 1. The smallest absolute Gasteiger partial charge is 0.237 e. The molecule has 0 radical (unpaired) electrons. The quantitative estimate of drug-likeness (QED) is 0.669. The highest BCUT2D eigenvalue weighted by atomic mass is 32.2. The Hall–Kier alpha value is -1.69. The lowest BCUT2D eigenvalue weighted by Crippen LogP contribution is -1.91. The summed E-state index contributed by atoms with van der Waals surface area (Å²) < 4.78 is 10.4. The summed E-state index contributed by atoms with van der Waals surface area (Å²) in [5.41, 5.74) is 6.66. The molecule has 1 aromatic heterocycles. The van der Waals surface area contributed by atoms with Crippen molar-refractivity contribution in [3.8, 4) is 5.75 Å². The molecular weight excluding hydrogens is 262 g/mol. The van der Waals surface area contributed by atoms with Crippen LogP contribution >= 0.6 is 11.8 Å². The van der Waals surface area contributed by atoms with E-state index in [-0.39, 0.29) is 0 Å². The number of methoxy groups -OCH3 is 1. The van der Waals surface area contributed by atoms with E-state index >= 15 is 0 Å². The third kappa shape index (κ3) is 2.84. The molecule has 0 amide bonds. The fourth-order valence-electron chi connectivity index (χ4n) is 1.74. The third-order valence-corrected chi connectivity index (χ3v) is 4.05. The summed E-state index contributed by atoms with van der Waals surface area (Å²) in [5.74, 6) is 3.42. The fourth-order valence-corrected chi connectivity index (χ4v) is 2.57. The molecule has 1 saturated carbocycles. The van der Waals surface area contributed by atoms with E-state index in [1.54, 1.807) is 18.9 Å². The monoisotopic (exact) mass is 277 g/mol. The van der Waals surface area contributed by atoms with E-state index in [1.165, 1.54) is 12.8 Å². The lowest BCUT2D eigenvalue weighted by molar-refractivity contribution is 0.385. The van der Waals surface area contributed by atoms with Crippen LogP contribution in [0.5, 0.6) is 5.75 Å². The van der Waals surface area contributed by atoms with Gasteiger partial charge in [-0.15, -0.1) is 11.8 Å². The third-order valence-electron chi connectivity index (χ3n) is 3.00. The summed E-state index contributed by atoms with van der Waals surface area (Å²) in [6, 6.07) is 5.60. The Balaban J connectivity index is 1.67. The largest absolute Gasteiger partial charge is 0.497 e. The highest BCUT2D eigenvalue weighted by Gasteiger charge is 2.28. The second kappa shape index (κ2) is 5.13. The zero-order chi connectivity index (χ0) is 13.2. The van der Waals surface area contributed by atoms with Crippen LogP contribution in [0, 0.1) is 0 Å². The van der Waals surface area contributed by atoms with E-state index in [1.807, 2.05) is 18.2 Å². The summed E-state index contributed by atoms with van der Waals surface area (Å²) in [6.45, 7) is 0. The minimum atomic E-state index is 0.518. The molecule has 0 spiro atoms. The van der Waals surface area contributed by atoms with E-state index in [9.17, 15) is 0 Å². The van der Waals surface area contributed by atoms with Crippen molar-refractivity contribution in [1.29, 1.82) is 0 Å². The predicted molar refractivity (Wildman–Crippen MR) is 73.2 cm³/mol. The van der Waals surface area contributed by atoms with Gasteiger partial charge in [0.1, 0.15) is 5.75 Å². The molecule has 1 fully saturated rings. The average molecular weight is 277 g/mol. The van der Waals surface area contributed by atoms with E-state index in [2.05, 4.69) is 10.1 Å². The Morgan fingerprint density at radius 1 is 1.47 bits per heavy atom. The summed E-state index contributed by atoms with van der Waals surface area (Å²) in [7, 11) is 1.64. The van der Waals surface area contributed by atoms with Crippen molar-refractivity contribution in [2.24, 2.45) is 0 Å². The molecule has 100 valence electrons. The fraction of sp³-hybridized carbons (Fsp3) is 0.385. The maximum atomic E-state index is 5.93. The number of hydrogen-bond donors (Lipinski definition) is 1. The van der Waals surface area contributed by atoms with Gasteiger partial charge >= 0.3 is 0 Å². The molecule has 1 aliphatic rings. The second-order valence-electron chi connectivity index (χ2n) is 4.51. The molecule has 3 rings (SSSR count). The van der Waals surface area contributed by atoms with Crippen molar-refractivity contribution in [3.63, 3.8) is 0 Å². The van der Waals surface area contributed by atoms with Gasteiger partial charge in [0, 0.05) is 16.5 Å². The van der Waals surface area contributed by atoms with Crippen molar-refractivity contribution >= 4 is 17.4 Å².